The van der Waals surface area contributed by atoms with E-state index in [-0.39, 0.29) is 47.5 Å². The van der Waals surface area contributed by atoms with E-state index in [0.717, 1.165) is 66.6 Å². The van der Waals surface area contributed by atoms with Crippen LogP contribution in [0.4, 0.5) is 0 Å². The van der Waals surface area contributed by atoms with Gasteiger partial charge in [-0.15, -0.1) is 0 Å². The number of hydrogen-bond acceptors (Lipinski definition) is 6. The molecule has 1 aliphatic carbocycles. The van der Waals surface area contributed by atoms with E-state index >= 15 is 0 Å². The van der Waals surface area contributed by atoms with Crippen molar-refractivity contribution >= 4 is 39.4 Å². The zero-order valence-electron chi connectivity index (χ0n) is 26.9. The lowest BCUT2D eigenvalue weighted by molar-refractivity contribution is -0.144. The minimum Gasteiger partial charge on any atom is -0.507 e. The molecule has 3 saturated heterocycles. The summed E-state index contributed by atoms with van der Waals surface area (Å²) in [6.07, 6.45) is 8.24. The molecule has 3 aromatic rings. The number of carbonyl (C=O) groups is 2. The third kappa shape index (κ3) is 6.48. The number of benzene rings is 2. The lowest BCUT2D eigenvalue weighted by Crippen LogP contribution is -2.47. The number of nitrogens with zero attached hydrogens (tertiary/aromatic N) is 3. The topological polar surface area (TPSA) is 83.0 Å². The molecule has 0 unspecified atom stereocenters. The van der Waals surface area contributed by atoms with Crippen LogP contribution in [-0.4, -0.2) is 63.5 Å². The van der Waals surface area contributed by atoms with Gasteiger partial charge in [-0.1, -0.05) is 64.8 Å². The van der Waals surface area contributed by atoms with Crippen LogP contribution in [-0.2, 0) is 20.9 Å². The average Bonchev–Trinajstić information content (AvgIpc) is 3.63. The van der Waals surface area contributed by atoms with Gasteiger partial charge < -0.3 is 9.84 Å². The van der Waals surface area contributed by atoms with Crippen molar-refractivity contribution in [2.24, 2.45) is 17.8 Å². The number of ether oxygens (including phenoxy) is 1. The largest absolute Gasteiger partial charge is 0.507 e. The zero-order valence-corrected chi connectivity index (χ0v) is 28.4. The number of halogens is 1. The molecule has 47 heavy (non-hydrogen) atoms. The predicted octanol–water partition coefficient (Wildman–Crippen LogP) is 7.26. The Balaban J connectivity index is 1.07. The van der Waals surface area contributed by atoms with Gasteiger partial charge in [0.05, 0.1) is 30.2 Å². The molecule has 244 valence electrons. The molecular formula is C39H42BrN3O4. The fraction of sp³-hybridized carbons (Fsp3) is 0.410. The molecule has 0 saturated carbocycles. The van der Waals surface area contributed by atoms with E-state index in [1.165, 1.54) is 16.7 Å². The fourth-order valence-electron chi connectivity index (χ4n) is 8.32. The molecular weight excluding hydrogens is 654 g/mol. The van der Waals surface area contributed by atoms with Crippen LogP contribution in [0, 0.1) is 17.8 Å². The fourth-order valence-corrected chi connectivity index (χ4v) is 8.69. The number of allylic oxidation sites excluding steroid dienone is 2. The first-order valence-electron chi connectivity index (χ1n) is 17.0. The molecule has 3 fully saturated rings. The van der Waals surface area contributed by atoms with Crippen molar-refractivity contribution in [3.8, 4) is 5.75 Å². The van der Waals surface area contributed by atoms with Crippen LogP contribution in [0.1, 0.15) is 62.3 Å². The van der Waals surface area contributed by atoms with Crippen molar-refractivity contribution < 1.29 is 19.4 Å². The maximum atomic E-state index is 14.1. The van der Waals surface area contributed by atoms with Crippen molar-refractivity contribution in [3.63, 3.8) is 0 Å². The highest BCUT2D eigenvalue weighted by Gasteiger charge is 2.58. The standard InChI is InChI=1S/C39H42BrN3O4/c1-2-26-22-31-37(39(46)43(38(31)45)30-15-18-42(19-16-30)23-25-8-4-3-5-9-25)32-24-47-35(36(26)32)14-11-27(33-10-6-7-17-41-33)20-28-21-29(40)12-13-34(28)44/h3-10,12-13,17,20-21,30-32,35,37,44H,2,11,14-16,18-19,22-24H2,1H3/b27-20-/t31-,32+,35-,37-/m1/s1. The number of aromatic nitrogens is 1. The summed E-state index contributed by atoms with van der Waals surface area (Å²) in [7, 11) is 0. The van der Waals surface area contributed by atoms with Gasteiger partial charge in [0.2, 0.25) is 11.8 Å². The summed E-state index contributed by atoms with van der Waals surface area (Å²) in [6, 6.07) is 21.7. The van der Waals surface area contributed by atoms with Crippen LogP contribution in [0.3, 0.4) is 0 Å². The smallest absolute Gasteiger partial charge is 0.234 e. The number of imide groups is 1. The van der Waals surface area contributed by atoms with Gasteiger partial charge in [0, 0.05) is 47.8 Å². The Hall–Kier alpha value is -3.59. The number of carbonyl (C=O) groups excluding carboxylic acids is 2. The van der Waals surface area contributed by atoms with E-state index in [1.807, 2.05) is 42.5 Å². The molecule has 4 heterocycles. The van der Waals surface area contributed by atoms with Gasteiger partial charge >= 0.3 is 0 Å². The molecule has 0 radical (unpaired) electrons. The predicted molar refractivity (Wildman–Crippen MR) is 186 cm³/mol. The minimum atomic E-state index is -0.329. The lowest BCUT2D eigenvalue weighted by atomic mass is 9.69. The van der Waals surface area contributed by atoms with Crippen molar-refractivity contribution in [1.82, 2.24) is 14.8 Å². The molecule has 4 aliphatic rings. The molecule has 0 bridgehead atoms. The summed E-state index contributed by atoms with van der Waals surface area (Å²) < 4.78 is 7.39. The molecule has 7 rings (SSSR count). The maximum absolute atomic E-state index is 14.1. The first kappa shape index (κ1) is 32.0. The number of likely N-dealkylation sites (tertiary alicyclic amines) is 2. The number of amides is 2. The van der Waals surface area contributed by atoms with Crippen molar-refractivity contribution in [2.75, 3.05) is 19.7 Å². The average molecular weight is 697 g/mol. The second-order valence-electron chi connectivity index (χ2n) is 13.3. The molecule has 1 aromatic heterocycles. The Morgan fingerprint density at radius 2 is 1.81 bits per heavy atom. The van der Waals surface area contributed by atoms with E-state index in [9.17, 15) is 14.7 Å². The SMILES string of the molecule is CCC1=C2[C@@H](CC/C(=C/c3cc(Br)ccc3O)c3ccccn3)OC[C@@H]2[C@@H]2C(=O)N(C3CCN(Cc4ccccc4)CC3)C(=O)[C@@H]2C1. The third-order valence-electron chi connectivity index (χ3n) is 10.6. The number of rotatable bonds is 9. The van der Waals surface area contributed by atoms with Crippen molar-refractivity contribution in [2.45, 2.75) is 64.1 Å². The first-order chi connectivity index (χ1) is 22.9. The highest BCUT2D eigenvalue weighted by Crippen LogP contribution is 2.51. The second kappa shape index (κ2) is 13.9. The van der Waals surface area contributed by atoms with Gasteiger partial charge in [0.25, 0.3) is 0 Å². The maximum Gasteiger partial charge on any atom is 0.234 e. The molecule has 7 nitrogen and oxygen atoms in total. The Bertz CT molecular complexity index is 1680. The summed E-state index contributed by atoms with van der Waals surface area (Å²) in [4.78, 5) is 36.8. The molecule has 1 N–H and O–H groups in total. The zero-order chi connectivity index (χ0) is 32.5. The minimum absolute atomic E-state index is 0.0163. The van der Waals surface area contributed by atoms with Gasteiger partial charge in [-0.05, 0) is 91.6 Å². The number of pyridine rings is 1. The highest BCUT2D eigenvalue weighted by atomic mass is 79.9. The van der Waals surface area contributed by atoms with Gasteiger partial charge in [-0.3, -0.25) is 24.4 Å². The second-order valence-corrected chi connectivity index (χ2v) is 14.3. The number of aromatic hydroxyl groups is 1. The molecule has 2 aromatic carbocycles. The van der Waals surface area contributed by atoms with Crippen LogP contribution in [0.25, 0.3) is 11.6 Å². The van der Waals surface area contributed by atoms with Crippen molar-refractivity contribution in [1.29, 1.82) is 0 Å². The number of fused-ring (bicyclic) bond motifs is 3. The Morgan fingerprint density at radius 1 is 1.02 bits per heavy atom. The van der Waals surface area contributed by atoms with Gasteiger partial charge in [-0.2, -0.15) is 0 Å². The summed E-state index contributed by atoms with van der Waals surface area (Å²) in [6.45, 7) is 5.30. The highest BCUT2D eigenvalue weighted by molar-refractivity contribution is 9.10. The van der Waals surface area contributed by atoms with Crippen LogP contribution >= 0.6 is 15.9 Å². The van der Waals surface area contributed by atoms with E-state index < -0.39 is 0 Å². The quantitative estimate of drug-likeness (QED) is 0.187. The summed E-state index contributed by atoms with van der Waals surface area (Å²) in [5.74, 6) is -0.399. The number of phenols is 1. The molecule has 3 aliphatic heterocycles. The Labute approximate surface area is 285 Å². The van der Waals surface area contributed by atoms with Gasteiger partial charge in [0.15, 0.2) is 0 Å². The number of phenolic OH excluding ortho intramolecular Hbond substituents is 1. The normalized spacial score (nSPS) is 25.4. The van der Waals surface area contributed by atoms with Gasteiger partial charge in [0.1, 0.15) is 5.75 Å². The van der Waals surface area contributed by atoms with Gasteiger partial charge in [-0.25, -0.2) is 0 Å². The van der Waals surface area contributed by atoms with Crippen LogP contribution in [0.2, 0.25) is 0 Å². The lowest BCUT2D eigenvalue weighted by Gasteiger charge is -2.36. The third-order valence-corrected chi connectivity index (χ3v) is 11.1. The summed E-state index contributed by atoms with van der Waals surface area (Å²) >= 11 is 3.52. The summed E-state index contributed by atoms with van der Waals surface area (Å²) in [5.41, 5.74) is 6.42. The molecule has 0 spiro atoms. The number of piperidine rings is 1. The first-order valence-corrected chi connectivity index (χ1v) is 17.8. The van der Waals surface area contributed by atoms with E-state index in [2.05, 4.69) is 57.0 Å². The molecule has 4 atom stereocenters. The van der Waals surface area contributed by atoms with E-state index in [0.29, 0.717) is 19.4 Å². The van der Waals surface area contributed by atoms with Crippen LogP contribution in [0.15, 0.2) is 88.5 Å². The van der Waals surface area contributed by atoms with Crippen molar-refractivity contribution in [3.05, 3.63) is 105 Å². The monoisotopic (exact) mass is 695 g/mol. The van der Waals surface area contributed by atoms with Crippen LogP contribution in [0.5, 0.6) is 5.75 Å². The molecule has 2 amide bonds. The summed E-state index contributed by atoms with van der Waals surface area (Å²) in [5, 5.41) is 10.6. The van der Waals surface area contributed by atoms with E-state index in [1.54, 1.807) is 17.2 Å². The Morgan fingerprint density at radius 3 is 2.55 bits per heavy atom. The number of hydrogen-bond donors (Lipinski definition) is 1. The molecule has 8 heteroatoms. The van der Waals surface area contributed by atoms with Crippen LogP contribution < -0.4 is 0 Å². The van der Waals surface area contributed by atoms with E-state index in [4.69, 9.17) is 4.74 Å². The Kier molecular flexibility index (Phi) is 9.44.